The molecule has 39 heavy (non-hydrogen) atoms. The number of rotatable bonds is 10. The van der Waals surface area contributed by atoms with Crippen molar-refractivity contribution in [2.75, 3.05) is 26.2 Å². The highest BCUT2D eigenvalue weighted by Crippen LogP contribution is 2.29. The molecule has 8 heteroatoms. The molecule has 1 heterocycles. The third kappa shape index (κ3) is 7.85. The predicted octanol–water partition coefficient (Wildman–Crippen LogP) is 4.59. The fraction of sp³-hybridized carbons (Fsp3) is 0.548. The number of carbonyl (C=O) groups is 2. The van der Waals surface area contributed by atoms with Gasteiger partial charge in [-0.3, -0.25) is 14.5 Å². The molecule has 0 spiro atoms. The van der Waals surface area contributed by atoms with Crippen molar-refractivity contribution >= 4 is 11.8 Å². The summed E-state index contributed by atoms with van der Waals surface area (Å²) in [5.74, 6) is 0.152. The van der Waals surface area contributed by atoms with Crippen LogP contribution in [0.15, 0.2) is 48.5 Å². The average molecular weight is 541 g/mol. The molecule has 0 bridgehead atoms. The Morgan fingerprint density at radius 2 is 1.64 bits per heavy atom. The van der Waals surface area contributed by atoms with E-state index in [1.54, 1.807) is 17.0 Å². The number of amides is 2. The third-order valence-electron chi connectivity index (χ3n) is 8.14. The van der Waals surface area contributed by atoms with Gasteiger partial charge < -0.3 is 16.0 Å². The first kappa shape index (κ1) is 29.2. The molecule has 1 aliphatic heterocycles. The van der Waals surface area contributed by atoms with E-state index < -0.39 is 11.9 Å². The smallest absolute Gasteiger partial charge is 0.254 e. The molecule has 0 aromatic heterocycles. The number of nitrogens with one attached hydrogen (secondary N) is 1. The van der Waals surface area contributed by atoms with E-state index in [2.05, 4.69) is 24.1 Å². The Labute approximate surface area is 230 Å². The lowest BCUT2D eigenvalue weighted by molar-refractivity contribution is -0.125. The summed E-state index contributed by atoms with van der Waals surface area (Å²) >= 11 is 0. The number of likely N-dealkylation sites (tertiary alicyclic amines) is 1. The van der Waals surface area contributed by atoms with E-state index in [4.69, 9.17) is 5.73 Å². The zero-order valence-corrected chi connectivity index (χ0v) is 23.1. The van der Waals surface area contributed by atoms with Gasteiger partial charge in [0.2, 0.25) is 5.91 Å². The van der Waals surface area contributed by atoms with Crippen LogP contribution in [-0.2, 0) is 11.3 Å². The highest BCUT2D eigenvalue weighted by atomic mass is 19.1. The summed E-state index contributed by atoms with van der Waals surface area (Å²) in [6.45, 7) is 7.29. The maximum absolute atomic E-state index is 13.6. The standard InChI is InChI=1S/C31H42F2N4O2/c1-21(2)18-36(19-22-6-10-26(32)11-7-22)28-15-29(30(38)35-17-24-5-3-4-23(14-24)16-34)37(20-28)31(39)25-8-12-27(33)13-9-25/h6-13,21,23-24,28-29H,3-5,14-20,34H2,1-2H3,(H,35,38). The summed E-state index contributed by atoms with van der Waals surface area (Å²) in [7, 11) is 0. The Bertz CT molecular complexity index is 1090. The minimum absolute atomic E-state index is 0.0473. The van der Waals surface area contributed by atoms with Gasteiger partial charge in [0.1, 0.15) is 17.7 Å². The molecular weight excluding hydrogens is 498 g/mol. The van der Waals surface area contributed by atoms with Crippen molar-refractivity contribution in [3.63, 3.8) is 0 Å². The largest absolute Gasteiger partial charge is 0.354 e. The zero-order chi connectivity index (χ0) is 27.9. The summed E-state index contributed by atoms with van der Waals surface area (Å²) in [4.78, 5) is 31.1. The summed E-state index contributed by atoms with van der Waals surface area (Å²) in [6.07, 6.45) is 4.86. The first-order valence-corrected chi connectivity index (χ1v) is 14.3. The van der Waals surface area contributed by atoms with Gasteiger partial charge in [0.15, 0.2) is 0 Å². The third-order valence-corrected chi connectivity index (χ3v) is 8.14. The van der Waals surface area contributed by atoms with Gasteiger partial charge in [0.25, 0.3) is 5.91 Å². The maximum Gasteiger partial charge on any atom is 0.254 e. The van der Waals surface area contributed by atoms with Crippen molar-refractivity contribution in [2.45, 2.75) is 64.6 Å². The molecule has 1 saturated heterocycles. The van der Waals surface area contributed by atoms with Gasteiger partial charge >= 0.3 is 0 Å². The van der Waals surface area contributed by atoms with E-state index in [0.29, 0.717) is 55.9 Å². The SMILES string of the molecule is CC(C)CN(Cc1ccc(F)cc1)C1CC(C(=O)NCC2CCCC(CN)C2)N(C(=O)c2ccc(F)cc2)C1. The Hall–Kier alpha value is -2.84. The van der Waals surface area contributed by atoms with Crippen LogP contribution in [0, 0.1) is 29.4 Å². The lowest BCUT2D eigenvalue weighted by Gasteiger charge is -2.30. The van der Waals surface area contributed by atoms with Crippen molar-refractivity contribution in [1.29, 1.82) is 0 Å². The van der Waals surface area contributed by atoms with E-state index in [1.807, 2.05) is 0 Å². The molecule has 2 aliphatic rings. The van der Waals surface area contributed by atoms with E-state index >= 15 is 0 Å². The minimum Gasteiger partial charge on any atom is -0.354 e. The number of nitrogens with two attached hydrogens (primary N) is 1. The van der Waals surface area contributed by atoms with Crippen LogP contribution in [0.2, 0.25) is 0 Å². The van der Waals surface area contributed by atoms with Crippen LogP contribution >= 0.6 is 0 Å². The lowest BCUT2D eigenvalue weighted by atomic mass is 9.81. The number of hydrogen-bond acceptors (Lipinski definition) is 4. The van der Waals surface area contributed by atoms with Gasteiger partial charge in [-0.25, -0.2) is 8.78 Å². The zero-order valence-electron chi connectivity index (χ0n) is 23.1. The molecule has 2 amide bonds. The number of hydrogen-bond donors (Lipinski definition) is 2. The fourth-order valence-corrected chi connectivity index (χ4v) is 6.11. The van der Waals surface area contributed by atoms with E-state index in [-0.39, 0.29) is 23.7 Å². The van der Waals surface area contributed by atoms with Crippen molar-refractivity contribution in [3.8, 4) is 0 Å². The maximum atomic E-state index is 13.6. The summed E-state index contributed by atoms with van der Waals surface area (Å²) in [5.41, 5.74) is 7.24. The van der Waals surface area contributed by atoms with E-state index in [9.17, 15) is 18.4 Å². The van der Waals surface area contributed by atoms with Crippen molar-refractivity contribution < 1.29 is 18.4 Å². The fourth-order valence-electron chi connectivity index (χ4n) is 6.11. The van der Waals surface area contributed by atoms with Crippen LogP contribution in [0.3, 0.4) is 0 Å². The van der Waals surface area contributed by atoms with Crippen LogP contribution in [0.25, 0.3) is 0 Å². The molecule has 2 fully saturated rings. The summed E-state index contributed by atoms with van der Waals surface area (Å²) in [5, 5.41) is 3.15. The monoisotopic (exact) mass is 540 g/mol. The molecule has 0 radical (unpaired) electrons. The van der Waals surface area contributed by atoms with Gasteiger partial charge in [-0.1, -0.05) is 32.4 Å². The molecule has 4 atom stereocenters. The predicted molar refractivity (Wildman–Crippen MR) is 149 cm³/mol. The van der Waals surface area contributed by atoms with Crippen LogP contribution in [0.1, 0.15) is 61.9 Å². The van der Waals surface area contributed by atoms with Gasteiger partial charge in [-0.2, -0.15) is 0 Å². The second-order valence-corrected chi connectivity index (χ2v) is 11.7. The Kier molecular flexibility index (Phi) is 10.1. The molecule has 212 valence electrons. The first-order valence-electron chi connectivity index (χ1n) is 14.3. The van der Waals surface area contributed by atoms with Crippen molar-refractivity contribution in [3.05, 3.63) is 71.3 Å². The molecule has 2 aromatic carbocycles. The number of nitrogens with zero attached hydrogens (tertiary/aromatic N) is 2. The average Bonchev–Trinajstić information content (AvgIpc) is 3.38. The van der Waals surface area contributed by atoms with Crippen LogP contribution in [-0.4, -0.2) is 59.9 Å². The molecule has 3 N–H and O–H groups in total. The topological polar surface area (TPSA) is 78.7 Å². The highest BCUT2D eigenvalue weighted by Gasteiger charge is 2.42. The molecule has 4 rings (SSSR count). The van der Waals surface area contributed by atoms with Gasteiger partial charge in [-0.05, 0) is 91.9 Å². The highest BCUT2D eigenvalue weighted by molar-refractivity contribution is 5.98. The molecule has 1 saturated carbocycles. The minimum atomic E-state index is -0.621. The Balaban J connectivity index is 1.52. The Morgan fingerprint density at radius 1 is 1.00 bits per heavy atom. The van der Waals surface area contributed by atoms with Crippen molar-refractivity contribution in [1.82, 2.24) is 15.1 Å². The number of carbonyl (C=O) groups excluding carboxylic acids is 2. The molecule has 4 unspecified atom stereocenters. The number of halogens is 2. The molecule has 1 aliphatic carbocycles. The number of benzene rings is 2. The second-order valence-electron chi connectivity index (χ2n) is 11.7. The summed E-state index contributed by atoms with van der Waals surface area (Å²) < 4.78 is 27.1. The van der Waals surface area contributed by atoms with Crippen LogP contribution in [0.5, 0.6) is 0 Å². The lowest BCUT2D eigenvalue weighted by Crippen LogP contribution is -2.47. The second kappa shape index (κ2) is 13.5. The first-order chi connectivity index (χ1) is 18.7. The van der Waals surface area contributed by atoms with Crippen molar-refractivity contribution in [2.24, 2.45) is 23.5 Å². The van der Waals surface area contributed by atoms with Gasteiger partial charge in [-0.15, -0.1) is 0 Å². The molecule has 2 aromatic rings. The molecular formula is C31H42F2N4O2. The van der Waals surface area contributed by atoms with E-state index in [1.165, 1.54) is 36.4 Å². The normalized spacial score (nSPS) is 23.4. The summed E-state index contributed by atoms with van der Waals surface area (Å²) in [6, 6.07) is 11.3. The van der Waals surface area contributed by atoms with E-state index in [0.717, 1.165) is 37.8 Å². The van der Waals surface area contributed by atoms with Crippen LogP contribution < -0.4 is 11.1 Å². The quantitative estimate of drug-likeness (QED) is 0.462. The van der Waals surface area contributed by atoms with Crippen LogP contribution in [0.4, 0.5) is 8.78 Å². The Morgan fingerprint density at radius 3 is 2.28 bits per heavy atom. The van der Waals surface area contributed by atoms with Gasteiger partial charge in [0, 0.05) is 37.8 Å². The van der Waals surface area contributed by atoms with Gasteiger partial charge in [0.05, 0.1) is 0 Å². The molecule has 6 nitrogen and oxygen atoms in total.